The number of benzene rings is 2. The summed E-state index contributed by atoms with van der Waals surface area (Å²) in [5.41, 5.74) is 4.60. The molecule has 172 valence electrons. The number of aryl methyl sites for hydroxylation is 1. The number of carbonyl (C=O) groups excluding carboxylic acids is 1. The number of nitrogens with one attached hydrogen (secondary N) is 3. The second kappa shape index (κ2) is 8.64. The van der Waals surface area contributed by atoms with Crippen LogP contribution in [-0.2, 0) is 20.1 Å². The maximum absolute atomic E-state index is 13.4. The maximum atomic E-state index is 13.4. The van der Waals surface area contributed by atoms with Gasteiger partial charge in [-0.25, -0.2) is 19.2 Å². The van der Waals surface area contributed by atoms with Crippen molar-refractivity contribution in [2.75, 3.05) is 5.32 Å². The second-order valence-electron chi connectivity index (χ2n) is 7.66. The molecule has 0 fully saturated rings. The topological polar surface area (TPSA) is 118 Å². The first-order chi connectivity index (χ1) is 16.4. The van der Waals surface area contributed by atoms with Crippen molar-refractivity contribution in [3.05, 3.63) is 87.1 Å². The van der Waals surface area contributed by atoms with E-state index < -0.39 is 11.6 Å². The fourth-order valence-electron chi connectivity index (χ4n) is 3.64. The molecule has 9 nitrogen and oxygen atoms in total. The molecule has 0 saturated heterocycles. The van der Waals surface area contributed by atoms with Crippen molar-refractivity contribution in [3.63, 3.8) is 0 Å². The zero-order valence-electron chi connectivity index (χ0n) is 17.9. The van der Waals surface area contributed by atoms with Crippen LogP contribution in [0.2, 0.25) is 5.02 Å². The number of aromatic amines is 1. The Bertz CT molecular complexity index is 1610. The van der Waals surface area contributed by atoms with Crippen molar-refractivity contribution in [3.8, 4) is 0 Å². The number of carbonyl (C=O) groups is 1. The van der Waals surface area contributed by atoms with Crippen LogP contribution >= 0.6 is 11.6 Å². The predicted molar refractivity (Wildman–Crippen MR) is 125 cm³/mol. The van der Waals surface area contributed by atoms with Crippen LogP contribution in [0.25, 0.3) is 22.1 Å². The zero-order valence-corrected chi connectivity index (χ0v) is 18.6. The average molecular weight is 481 g/mol. The summed E-state index contributed by atoms with van der Waals surface area (Å²) < 4.78 is 19.9. The molecule has 2 aromatic carbocycles. The number of H-pyrrole nitrogens is 1. The molecule has 0 radical (unpaired) electrons. The molecule has 1 amide bonds. The standard InChI is InChI=1S/C23H18ClFN6O3/c1-31-17-7-13(3-5-18(17)34-23(31)33)9-28-22(32)21-20-19(29-11-30-21)16(10-27-20)26-8-12-2-4-15(25)14(24)6-12/h2-7,10-11,26-27H,8-9H2,1H3,(H,28,32). The van der Waals surface area contributed by atoms with Gasteiger partial charge >= 0.3 is 5.76 Å². The molecule has 0 aliphatic heterocycles. The summed E-state index contributed by atoms with van der Waals surface area (Å²) in [6.07, 6.45) is 3.01. The molecule has 5 aromatic rings. The summed E-state index contributed by atoms with van der Waals surface area (Å²) >= 11 is 5.84. The molecule has 3 aromatic heterocycles. The molecule has 0 spiro atoms. The van der Waals surface area contributed by atoms with Crippen LogP contribution < -0.4 is 16.4 Å². The highest BCUT2D eigenvalue weighted by Gasteiger charge is 2.16. The number of hydrogen-bond acceptors (Lipinski definition) is 6. The van der Waals surface area contributed by atoms with E-state index in [-0.39, 0.29) is 23.2 Å². The molecular weight excluding hydrogens is 463 g/mol. The zero-order chi connectivity index (χ0) is 23.8. The van der Waals surface area contributed by atoms with Crippen molar-refractivity contribution in [1.82, 2.24) is 24.8 Å². The summed E-state index contributed by atoms with van der Waals surface area (Å²) in [6.45, 7) is 0.619. The lowest BCUT2D eigenvalue weighted by Crippen LogP contribution is -2.24. The van der Waals surface area contributed by atoms with Crippen molar-refractivity contribution >= 4 is 45.3 Å². The van der Waals surface area contributed by atoms with Gasteiger partial charge in [-0.15, -0.1) is 0 Å². The third kappa shape index (κ3) is 3.99. The van der Waals surface area contributed by atoms with E-state index >= 15 is 0 Å². The Morgan fingerprint density at radius 3 is 2.79 bits per heavy atom. The van der Waals surface area contributed by atoms with Crippen LogP contribution in [0.3, 0.4) is 0 Å². The third-order valence-corrected chi connectivity index (χ3v) is 5.74. The summed E-state index contributed by atoms with van der Waals surface area (Å²) in [5.74, 6) is -1.31. The number of aromatic nitrogens is 4. The highest BCUT2D eigenvalue weighted by atomic mass is 35.5. The van der Waals surface area contributed by atoms with Crippen LogP contribution in [0.4, 0.5) is 10.1 Å². The molecule has 0 atom stereocenters. The number of amides is 1. The molecule has 34 heavy (non-hydrogen) atoms. The number of oxazole rings is 1. The number of anilines is 1. The van der Waals surface area contributed by atoms with Gasteiger partial charge < -0.3 is 20.0 Å². The molecule has 0 saturated carbocycles. The number of hydrogen-bond donors (Lipinski definition) is 3. The lowest BCUT2D eigenvalue weighted by molar-refractivity contribution is 0.0947. The predicted octanol–water partition coefficient (Wildman–Crippen LogP) is 3.74. The van der Waals surface area contributed by atoms with Crippen LogP contribution in [0.5, 0.6) is 0 Å². The monoisotopic (exact) mass is 480 g/mol. The lowest BCUT2D eigenvalue weighted by Gasteiger charge is -2.07. The minimum absolute atomic E-state index is 0.0497. The van der Waals surface area contributed by atoms with Crippen molar-refractivity contribution in [2.24, 2.45) is 7.05 Å². The van der Waals surface area contributed by atoms with E-state index in [9.17, 15) is 14.0 Å². The quantitative estimate of drug-likeness (QED) is 0.341. The van der Waals surface area contributed by atoms with E-state index in [0.29, 0.717) is 34.4 Å². The van der Waals surface area contributed by atoms with E-state index in [1.54, 1.807) is 43.6 Å². The van der Waals surface area contributed by atoms with Gasteiger partial charge in [-0.1, -0.05) is 23.7 Å². The van der Waals surface area contributed by atoms with Crippen molar-refractivity contribution < 1.29 is 13.6 Å². The number of rotatable bonds is 6. The Hall–Kier alpha value is -4.18. The van der Waals surface area contributed by atoms with Gasteiger partial charge in [0, 0.05) is 26.3 Å². The van der Waals surface area contributed by atoms with E-state index in [1.165, 1.54) is 17.0 Å². The third-order valence-electron chi connectivity index (χ3n) is 5.45. The smallest absolute Gasteiger partial charge is 0.408 e. The highest BCUT2D eigenvalue weighted by Crippen LogP contribution is 2.24. The van der Waals surface area contributed by atoms with Crippen molar-refractivity contribution in [2.45, 2.75) is 13.1 Å². The molecule has 0 bridgehead atoms. The van der Waals surface area contributed by atoms with Crippen LogP contribution in [0.1, 0.15) is 21.6 Å². The largest absolute Gasteiger partial charge is 0.419 e. The van der Waals surface area contributed by atoms with Crippen molar-refractivity contribution in [1.29, 1.82) is 0 Å². The Morgan fingerprint density at radius 1 is 1.18 bits per heavy atom. The first-order valence-electron chi connectivity index (χ1n) is 10.3. The Labute approximate surface area is 196 Å². The van der Waals surface area contributed by atoms with E-state index in [1.807, 2.05) is 0 Å². The van der Waals surface area contributed by atoms with Gasteiger partial charge in [0.25, 0.3) is 5.91 Å². The van der Waals surface area contributed by atoms with E-state index in [2.05, 4.69) is 25.6 Å². The van der Waals surface area contributed by atoms with Crippen LogP contribution in [-0.4, -0.2) is 25.4 Å². The minimum Gasteiger partial charge on any atom is -0.408 e. The molecule has 3 N–H and O–H groups in total. The Morgan fingerprint density at radius 2 is 1.97 bits per heavy atom. The molecular formula is C23H18ClFN6O3. The molecule has 0 aliphatic rings. The van der Waals surface area contributed by atoms with Gasteiger partial charge in [0.05, 0.1) is 21.7 Å². The molecule has 11 heteroatoms. The van der Waals surface area contributed by atoms with Gasteiger partial charge in [-0.05, 0) is 35.4 Å². The first kappa shape index (κ1) is 21.7. The van der Waals surface area contributed by atoms with Gasteiger partial charge in [0.1, 0.15) is 17.7 Å². The van der Waals surface area contributed by atoms with Gasteiger partial charge in [0.15, 0.2) is 11.3 Å². The SMILES string of the molecule is Cn1c(=O)oc2ccc(CNC(=O)c3ncnc4c(NCc5ccc(F)c(Cl)c5)c[nH]c34)cc21. The highest BCUT2D eigenvalue weighted by molar-refractivity contribution is 6.30. The Balaban J connectivity index is 1.32. The number of halogens is 2. The van der Waals surface area contributed by atoms with E-state index in [0.717, 1.165) is 11.1 Å². The molecule has 5 rings (SSSR count). The molecule has 0 unspecified atom stereocenters. The average Bonchev–Trinajstić information content (AvgIpc) is 3.38. The normalized spacial score (nSPS) is 11.3. The first-order valence-corrected chi connectivity index (χ1v) is 10.6. The number of nitrogens with zero attached hydrogens (tertiary/aromatic N) is 3. The fourth-order valence-corrected chi connectivity index (χ4v) is 3.84. The Kier molecular flexibility index (Phi) is 5.50. The molecule has 0 aliphatic carbocycles. The summed E-state index contributed by atoms with van der Waals surface area (Å²) in [5, 5.41) is 6.10. The summed E-state index contributed by atoms with van der Waals surface area (Å²) in [4.78, 5) is 36.0. The minimum atomic E-state index is -0.477. The lowest BCUT2D eigenvalue weighted by atomic mass is 10.2. The molecule has 3 heterocycles. The maximum Gasteiger partial charge on any atom is 0.419 e. The second-order valence-corrected chi connectivity index (χ2v) is 8.07. The number of fused-ring (bicyclic) bond motifs is 2. The van der Waals surface area contributed by atoms with Gasteiger partial charge in [-0.2, -0.15) is 0 Å². The summed E-state index contributed by atoms with van der Waals surface area (Å²) in [7, 11) is 1.62. The van der Waals surface area contributed by atoms with E-state index in [4.69, 9.17) is 16.0 Å². The summed E-state index contributed by atoms with van der Waals surface area (Å²) in [6, 6.07) is 9.75. The van der Waals surface area contributed by atoms with Crippen LogP contribution in [0.15, 0.2) is 58.1 Å². The fraction of sp³-hybridized carbons (Fsp3) is 0.130. The van der Waals surface area contributed by atoms with Gasteiger partial charge in [0.2, 0.25) is 0 Å². The van der Waals surface area contributed by atoms with Crippen LogP contribution in [0, 0.1) is 5.82 Å². The van der Waals surface area contributed by atoms with Gasteiger partial charge in [-0.3, -0.25) is 9.36 Å².